The molecule has 0 fully saturated rings. The third kappa shape index (κ3) is 4.30. The number of rotatable bonds is 3. The predicted molar refractivity (Wildman–Crippen MR) is 120 cm³/mol. The molecule has 2 amide bonds. The number of benzene rings is 2. The second-order valence-corrected chi connectivity index (χ2v) is 10.6. The van der Waals surface area contributed by atoms with Gasteiger partial charge in [-0.15, -0.1) is 0 Å². The summed E-state index contributed by atoms with van der Waals surface area (Å²) < 4.78 is 44.0. The topological polar surface area (TPSA) is 66.4 Å². The fourth-order valence-corrected chi connectivity index (χ4v) is 5.80. The van der Waals surface area contributed by atoms with Gasteiger partial charge in [0, 0.05) is 0 Å². The molecule has 0 radical (unpaired) electrons. The number of pyridine rings is 1. The summed E-state index contributed by atoms with van der Waals surface area (Å²) in [5.74, 6) is 0. The molecule has 154 valence electrons. The van der Waals surface area contributed by atoms with Crippen LogP contribution < -0.4 is 10.6 Å². The number of urea groups is 1. The van der Waals surface area contributed by atoms with Crippen molar-refractivity contribution in [1.82, 2.24) is 4.98 Å². The molecule has 0 unspecified atom stereocenters. The number of fused-ring (bicyclic) bond motifs is 1. The Morgan fingerprint density at radius 3 is 2.47 bits per heavy atom. The van der Waals surface area contributed by atoms with E-state index in [9.17, 15) is 18.0 Å². The van der Waals surface area contributed by atoms with E-state index in [1.165, 1.54) is 12.1 Å². The van der Waals surface area contributed by atoms with Crippen molar-refractivity contribution in [3.63, 3.8) is 0 Å². The molecule has 2 N–H and O–H groups in total. The van der Waals surface area contributed by atoms with Crippen molar-refractivity contribution in [3.05, 3.63) is 75.6 Å². The first-order valence-electron chi connectivity index (χ1n) is 8.80. The molecule has 9 heteroatoms. The molecule has 1 aliphatic heterocycles. The van der Waals surface area contributed by atoms with Gasteiger partial charge >= 0.3 is 147 Å². The fraction of sp³-hybridized carbons (Fsp3) is 0.0952. The number of nitrogens with one attached hydrogen (secondary N) is 2. The van der Waals surface area contributed by atoms with Crippen LogP contribution in [0.4, 0.5) is 29.3 Å². The summed E-state index contributed by atoms with van der Waals surface area (Å²) in [7, 11) is 0. The second-order valence-electron chi connectivity index (χ2n) is 6.47. The van der Waals surface area contributed by atoms with E-state index in [1.54, 1.807) is 18.3 Å². The van der Waals surface area contributed by atoms with Crippen LogP contribution in [0.2, 0.25) is 0 Å². The van der Waals surface area contributed by atoms with E-state index in [0.29, 0.717) is 5.69 Å². The Kier molecular flexibility index (Phi) is 5.46. The van der Waals surface area contributed by atoms with E-state index in [0.717, 1.165) is 32.5 Å². The van der Waals surface area contributed by atoms with E-state index < -0.39 is 37.9 Å². The molecule has 1 aliphatic rings. The zero-order valence-electron chi connectivity index (χ0n) is 15.7. The Bertz CT molecular complexity index is 1130. The van der Waals surface area contributed by atoms with E-state index in [2.05, 4.69) is 23.8 Å². The molecule has 30 heavy (non-hydrogen) atoms. The summed E-state index contributed by atoms with van der Waals surface area (Å²) in [6.45, 7) is 0. The molecule has 0 atom stereocenters. The maximum atomic E-state index is 12.8. The summed E-state index contributed by atoms with van der Waals surface area (Å²) in [6, 6.07) is 13.0. The third-order valence-electron chi connectivity index (χ3n) is 4.43. The average Bonchev–Trinajstić information content (AvgIpc) is 3.09. The first kappa shape index (κ1) is 20.3. The molecule has 2 heterocycles. The van der Waals surface area contributed by atoms with E-state index in [-0.39, 0.29) is 5.69 Å². The number of amides is 2. The Morgan fingerprint density at radius 2 is 1.73 bits per heavy atom. The van der Waals surface area contributed by atoms with Gasteiger partial charge in [0.25, 0.3) is 0 Å². The number of aromatic nitrogens is 1. The average molecular weight is 524 g/mol. The van der Waals surface area contributed by atoms with Crippen LogP contribution in [0, 0.1) is 3.70 Å². The van der Waals surface area contributed by atoms with Gasteiger partial charge in [-0.25, -0.2) is 0 Å². The molecule has 0 spiro atoms. The van der Waals surface area contributed by atoms with Crippen LogP contribution in [0.3, 0.4) is 0 Å². The van der Waals surface area contributed by atoms with Crippen LogP contribution in [0.25, 0.3) is 11.1 Å². The summed E-state index contributed by atoms with van der Waals surface area (Å²) in [6.07, 6.45) is -0.800. The van der Waals surface area contributed by atoms with Gasteiger partial charge in [0.1, 0.15) is 0 Å². The molecule has 3 aromatic rings. The van der Waals surface area contributed by atoms with Gasteiger partial charge in [0.15, 0.2) is 0 Å². The molecule has 0 bridgehead atoms. The first-order valence-corrected chi connectivity index (χ1v) is 13.0. The van der Waals surface area contributed by atoms with Crippen molar-refractivity contribution in [3.8, 4) is 11.1 Å². The monoisotopic (exact) mass is 524 g/mol. The van der Waals surface area contributed by atoms with Gasteiger partial charge in [-0.2, -0.15) is 13.2 Å². The van der Waals surface area contributed by atoms with Crippen molar-refractivity contribution in [1.29, 1.82) is 0 Å². The first-order chi connectivity index (χ1) is 14.3. The normalized spacial score (nSPS) is 13.8. The number of carbonyl (C=O) groups excluding carboxylic acids is 1. The zero-order chi connectivity index (χ0) is 21.3. The Labute approximate surface area is 178 Å². The summed E-state index contributed by atoms with van der Waals surface area (Å²) >= 11 is -1.53. The van der Waals surface area contributed by atoms with Crippen LogP contribution >= 0.6 is 20.1 Å². The van der Waals surface area contributed by atoms with Crippen molar-refractivity contribution >= 4 is 43.7 Å². The molecular formula is C21H16F3IN4O. The van der Waals surface area contributed by atoms with Crippen LogP contribution in [0.15, 0.2) is 64.0 Å². The molecule has 0 aliphatic carbocycles. The zero-order valence-corrected chi connectivity index (χ0v) is 17.8. The molecule has 0 saturated carbocycles. The SMILES string of the molecule is CI1N=Cc2c(-c3ccc(NC(=O)Nc4cccc(C(F)(F)F)c4)cc3)ccnc21. The maximum absolute atomic E-state index is 12.8. The Hall–Kier alpha value is -2.95. The molecule has 1 aromatic heterocycles. The van der Waals surface area contributed by atoms with Gasteiger partial charge in [0.2, 0.25) is 0 Å². The van der Waals surface area contributed by atoms with Crippen LogP contribution in [0.5, 0.6) is 0 Å². The summed E-state index contributed by atoms with van der Waals surface area (Å²) in [4.78, 5) is 18.8. The molecule has 5 nitrogen and oxygen atoms in total. The number of halogens is 4. The van der Waals surface area contributed by atoms with Crippen molar-refractivity contribution in [2.45, 2.75) is 6.18 Å². The van der Waals surface area contributed by atoms with Gasteiger partial charge < -0.3 is 0 Å². The standard InChI is InChI=1S/C21H16F3IN4O/c1-25-19-18(12-27-25)17(9-10-26-19)13-5-7-15(8-6-13)28-20(30)29-16-4-2-3-14(11-16)21(22,23)24/h2-12H,1H3,(H2,28,29,30). The minimum atomic E-state index is -4.47. The van der Waals surface area contributed by atoms with Crippen molar-refractivity contribution in [2.75, 3.05) is 15.6 Å². The van der Waals surface area contributed by atoms with Crippen molar-refractivity contribution < 1.29 is 18.0 Å². The number of hydrogen-bond donors (Lipinski definition) is 2. The molecule has 4 rings (SSSR count). The summed E-state index contributed by atoms with van der Waals surface area (Å²) in [5, 5.41) is 5.04. The van der Waals surface area contributed by atoms with Gasteiger partial charge in [-0.1, -0.05) is 6.07 Å². The van der Waals surface area contributed by atoms with Crippen LogP contribution in [-0.4, -0.2) is 22.2 Å². The minimum absolute atomic E-state index is 0.0596. The van der Waals surface area contributed by atoms with Gasteiger partial charge in [-0.05, 0) is 6.07 Å². The number of alkyl halides is 4. The van der Waals surface area contributed by atoms with Crippen molar-refractivity contribution in [2.24, 2.45) is 3.21 Å². The Balaban J connectivity index is 1.46. The number of carbonyl (C=O) groups is 1. The van der Waals surface area contributed by atoms with E-state index in [4.69, 9.17) is 0 Å². The number of hydrogen-bond acceptors (Lipinski definition) is 3. The molecular weight excluding hydrogens is 508 g/mol. The van der Waals surface area contributed by atoms with E-state index >= 15 is 0 Å². The van der Waals surface area contributed by atoms with Crippen LogP contribution in [0.1, 0.15) is 11.1 Å². The van der Waals surface area contributed by atoms with Crippen LogP contribution in [-0.2, 0) is 6.18 Å². The van der Waals surface area contributed by atoms with Gasteiger partial charge in [-0.3, -0.25) is 0 Å². The number of nitrogens with zero attached hydrogens (tertiary/aromatic N) is 2. The van der Waals surface area contributed by atoms with E-state index in [1.807, 2.05) is 24.4 Å². The summed E-state index contributed by atoms with van der Waals surface area (Å²) in [5.41, 5.74) is 2.81. The molecule has 0 saturated heterocycles. The third-order valence-corrected chi connectivity index (χ3v) is 7.88. The quantitative estimate of drug-likeness (QED) is 0.249. The predicted octanol–water partition coefficient (Wildman–Crippen LogP) is 6.06. The second kappa shape index (κ2) is 8.05. The number of anilines is 2. The molecule has 2 aromatic carbocycles. The fourth-order valence-electron chi connectivity index (χ4n) is 3.01. The van der Waals surface area contributed by atoms with Gasteiger partial charge in [0.05, 0.1) is 5.56 Å². The Morgan fingerprint density at radius 1 is 1.00 bits per heavy atom.